The maximum absolute atomic E-state index is 5.58. The molecule has 2 N–H and O–H groups in total. The Morgan fingerprint density at radius 1 is 1.05 bits per heavy atom. The highest BCUT2D eigenvalue weighted by Gasteiger charge is 2.18. The Labute approximate surface area is 118 Å². The number of benzene rings is 1. The molecule has 9 heteroatoms. The zero-order valence-electron chi connectivity index (χ0n) is 11.2. The van der Waals surface area contributed by atoms with Gasteiger partial charge in [0, 0.05) is 5.56 Å². The van der Waals surface area contributed by atoms with Gasteiger partial charge in [-0.25, -0.2) is 4.63 Å². The number of nitrogens with zero attached hydrogens (tertiary/aromatic N) is 4. The lowest BCUT2D eigenvalue weighted by Crippen LogP contribution is -1.91. The SMILES string of the molecule is COc1ccc(-c2nc(-c3nonc3N)no2)cc1OC. The first-order valence-electron chi connectivity index (χ1n) is 5.87. The summed E-state index contributed by atoms with van der Waals surface area (Å²) in [5.74, 6) is 1.73. The Balaban J connectivity index is 1.98. The summed E-state index contributed by atoms with van der Waals surface area (Å²) in [6.45, 7) is 0. The smallest absolute Gasteiger partial charge is 0.258 e. The molecule has 0 aliphatic carbocycles. The first-order valence-corrected chi connectivity index (χ1v) is 5.87. The number of hydrogen-bond donors (Lipinski definition) is 1. The normalized spacial score (nSPS) is 10.6. The molecule has 0 spiro atoms. The first kappa shape index (κ1) is 12.9. The maximum atomic E-state index is 5.58. The molecule has 0 unspecified atom stereocenters. The van der Waals surface area contributed by atoms with Crippen LogP contribution in [0.3, 0.4) is 0 Å². The van der Waals surface area contributed by atoms with Crippen LogP contribution < -0.4 is 15.2 Å². The highest BCUT2D eigenvalue weighted by Crippen LogP contribution is 2.32. The van der Waals surface area contributed by atoms with E-state index in [1.165, 1.54) is 0 Å². The van der Waals surface area contributed by atoms with E-state index in [-0.39, 0.29) is 23.2 Å². The van der Waals surface area contributed by atoms with Crippen LogP contribution in [0.2, 0.25) is 0 Å². The summed E-state index contributed by atoms with van der Waals surface area (Å²) in [5, 5.41) is 10.9. The largest absolute Gasteiger partial charge is 0.493 e. The third kappa shape index (κ3) is 2.24. The van der Waals surface area contributed by atoms with E-state index in [1.54, 1.807) is 32.4 Å². The Morgan fingerprint density at radius 2 is 1.86 bits per heavy atom. The van der Waals surface area contributed by atoms with Gasteiger partial charge in [0.2, 0.25) is 5.82 Å². The molecule has 0 saturated heterocycles. The van der Waals surface area contributed by atoms with Crippen molar-refractivity contribution < 1.29 is 18.6 Å². The highest BCUT2D eigenvalue weighted by molar-refractivity contribution is 5.65. The van der Waals surface area contributed by atoms with Crippen LogP contribution in [0.25, 0.3) is 23.0 Å². The number of methoxy groups -OCH3 is 2. The second-order valence-corrected chi connectivity index (χ2v) is 3.99. The first-order chi connectivity index (χ1) is 10.2. The average Bonchev–Trinajstić information content (AvgIpc) is 3.15. The van der Waals surface area contributed by atoms with Crippen LogP contribution in [0.4, 0.5) is 5.82 Å². The van der Waals surface area contributed by atoms with Gasteiger partial charge >= 0.3 is 0 Å². The zero-order chi connectivity index (χ0) is 14.8. The van der Waals surface area contributed by atoms with E-state index < -0.39 is 0 Å². The van der Waals surface area contributed by atoms with Crippen LogP contribution in [0.15, 0.2) is 27.4 Å². The lowest BCUT2D eigenvalue weighted by molar-refractivity contribution is 0.310. The van der Waals surface area contributed by atoms with Gasteiger partial charge in [0.25, 0.3) is 5.89 Å². The van der Waals surface area contributed by atoms with Gasteiger partial charge in [-0.2, -0.15) is 4.98 Å². The molecule has 1 aromatic carbocycles. The summed E-state index contributed by atoms with van der Waals surface area (Å²) in [6.07, 6.45) is 0. The number of rotatable bonds is 4. The monoisotopic (exact) mass is 289 g/mol. The van der Waals surface area contributed by atoms with Gasteiger partial charge in [-0.05, 0) is 28.5 Å². The molecule has 0 aliphatic heterocycles. The van der Waals surface area contributed by atoms with Crippen LogP contribution in [-0.4, -0.2) is 34.7 Å². The Hall–Kier alpha value is -3.10. The van der Waals surface area contributed by atoms with Crippen molar-refractivity contribution >= 4 is 5.82 Å². The Bertz CT molecular complexity index is 767. The molecule has 0 saturated carbocycles. The molecule has 21 heavy (non-hydrogen) atoms. The number of nitrogen functional groups attached to an aromatic ring is 1. The Morgan fingerprint density at radius 3 is 2.52 bits per heavy atom. The summed E-state index contributed by atoms with van der Waals surface area (Å²) >= 11 is 0. The van der Waals surface area contributed by atoms with Crippen molar-refractivity contribution in [3.8, 4) is 34.5 Å². The molecule has 2 aromatic heterocycles. The van der Waals surface area contributed by atoms with Crippen molar-refractivity contribution in [2.75, 3.05) is 20.0 Å². The molecule has 3 aromatic rings. The van der Waals surface area contributed by atoms with E-state index in [9.17, 15) is 0 Å². The fraction of sp³-hybridized carbons (Fsp3) is 0.167. The van der Waals surface area contributed by atoms with E-state index in [1.807, 2.05) is 0 Å². The minimum atomic E-state index is 0.0923. The fourth-order valence-corrected chi connectivity index (χ4v) is 1.76. The quantitative estimate of drug-likeness (QED) is 0.758. The second kappa shape index (κ2) is 5.12. The van der Waals surface area contributed by atoms with Gasteiger partial charge < -0.3 is 19.7 Å². The summed E-state index contributed by atoms with van der Waals surface area (Å²) < 4.78 is 20.1. The molecule has 108 valence electrons. The van der Waals surface area contributed by atoms with Gasteiger partial charge in [0.15, 0.2) is 23.0 Å². The minimum Gasteiger partial charge on any atom is -0.493 e. The molecule has 9 nitrogen and oxygen atoms in total. The van der Waals surface area contributed by atoms with E-state index in [0.717, 1.165) is 0 Å². The van der Waals surface area contributed by atoms with E-state index >= 15 is 0 Å². The van der Waals surface area contributed by atoms with Gasteiger partial charge in [-0.15, -0.1) is 0 Å². The second-order valence-electron chi connectivity index (χ2n) is 3.99. The molecule has 3 rings (SSSR count). The van der Waals surface area contributed by atoms with Crippen molar-refractivity contribution in [1.82, 2.24) is 20.5 Å². The summed E-state index contributed by atoms with van der Waals surface area (Å²) in [5.41, 5.74) is 6.47. The minimum absolute atomic E-state index is 0.0923. The number of nitrogens with two attached hydrogens (primary N) is 1. The van der Waals surface area contributed by atoms with E-state index in [4.69, 9.17) is 19.7 Å². The standard InChI is InChI=1S/C12H11N5O4/c1-18-7-4-3-6(5-8(7)19-2)12-14-11(17-20-12)9-10(13)16-21-15-9/h3-5H,1-2H3,(H2,13,16). The summed E-state index contributed by atoms with van der Waals surface area (Å²) in [7, 11) is 3.10. The molecular weight excluding hydrogens is 278 g/mol. The molecule has 0 radical (unpaired) electrons. The topological polar surface area (TPSA) is 122 Å². The van der Waals surface area contributed by atoms with Crippen LogP contribution >= 0.6 is 0 Å². The van der Waals surface area contributed by atoms with Crippen LogP contribution in [0.1, 0.15) is 0 Å². The van der Waals surface area contributed by atoms with Gasteiger partial charge in [-0.3, -0.25) is 0 Å². The molecular formula is C12H11N5O4. The van der Waals surface area contributed by atoms with Crippen molar-refractivity contribution in [1.29, 1.82) is 0 Å². The maximum Gasteiger partial charge on any atom is 0.258 e. The van der Waals surface area contributed by atoms with Crippen molar-refractivity contribution in [3.05, 3.63) is 18.2 Å². The molecule has 0 amide bonds. The molecule has 0 aliphatic rings. The Kier molecular flexibility index (Phi) is 3.14. The van der Waals surface area contributed by atoms with E-state index in [2.05, 4.69) is 25.1 Å². The lowest BCUT2D eigenvalue weighted by atomic mass is 10.2. The highest BCUT2D eigenvalue weighted by atomic mass is 16.6. The predicted molar refractivity (Wildman–Crippen MR) is 70.5 cm³/mol. The van der Waals surface area contributed by atoms with Crippen LogP contribution in [0, 0.1) is 0 Å². The molecule has 0 atom stereocenters. The fourth-order valence-electron chi connectivity index (χ4n) is 1.76. The van der Waals surface area contributed by atoms with Crippen molar-refractivity contribution in [3.63, 3.8) is 0 Å². The number of hydrogen-bond acceptors (Lipinski definition) is 9. The predicted octanol–water partition coefficient (Wildman–Crippen LogP) is 1.39. The third-order valence-corrected chi connectivity index (χ3v) is 2.78. The molecule has 0 bridgehead atoms. The molecule has 0 fully saturated rings. The third-order valence-electron chi connectivity index (χ3n) is 2.78. The lowest BCUT2D eigenvalue weighted by Gasteiger charge is -2.07. The van der Waals surface area contributed by atoms with Crippen LogP contribution in [0.5, 0.6) is 11.5 Å². The van der Waals surface area contributed by atoms with Crippen LogP contribution in [-0.2, 0) is 0 Å². The van der Waals surface area contributed by atoms with Gasteiger partial charge in [-0.1, -0.05) is 5.16 Å². The number of aromatic nitrogens is 4. The van der Waals surface area contributed by atoms with Gasteiger partial charge in [0.05, 0.1) is 14.2 Å². The van der Waals surface area contributed by atoms with Crippen molar-refractivity contribution in [2.45, 2.75) is 0 Å². The zero-order valence-corrected chi connectivity index (χ0v) is 11.2. The number of anilines is 1. The molecule has 2 heterocycles. The number of ether oxygens (including phenoxy) is 2. The summed E-state index contributed by atoms with van der Waals surface area (Å²) in [4.78, 5) is 4.20. The average molecular weight is 289 g/mol. The van der Waals surface area contributed by atoms with Crippen molar-refractivity contribution in [2.24, 2.45) is 0 Å². The summed E-state index contributed by atoms with van der Waals surface area (Å²) in [6, 6.07) is 5.23. The van der Waals surface area contributed by atoms with Gasteiger partial charge in [0.1, 0.15) is 0 Å². The van der Waals surface area contributed by atoms with E-state index in [0.29, 0.717) is 17.1 Å².